The van der Waals surface area contributed by atoms with Crippen LogP contribution in [0.5, 0.6) is 0 Å². The molecule has 6 heteroatoms. The molecule has 0 unspecified atom stereocenters. The maximum atomic E-state index is 5.35. The van der Waals surface area contributed by atoms with Crippen LogP contribution in [0.1, 0.15) is 18.2 Å². The molecule has 0 saturated heterocycles. The third-order valence-corrected chi connectivity index (χ3v) is 3.13. The molecule has 0 radical (unpaired) electrons. The molecule has 0 saturated carbocycles. The van der Waals surface area contributed by atoms with E-state index in [1.54, 1.807) is 11.3 Å². The molecule has 5 nitrogen and oxygen atoms in total. The summed E-state index contributed by atoms with van der Waals surface area (Å²) in [5.74, 6) is 6.65. The number of hydrogen-bond acceptors (Lipinski definition) is 6. The molecule has 0 bridgehead atoms. The van der Waals surface area contributed by atoms with Crippen molar-refractivity contribution in [2.75, 3.05) is 17.3 Å². The monoisotopic (exact) mass is 237 g/mol. The van der Waals surface area contributed by atoms with Gasteiger partial charge in [-0.3, -0.25) is 5.43 Å². The lowest BCUT2D eigenvalue weighted by molar-refractivity contribution is 0.969. The number of hydrogen-bond donors (Lipinski definition) is 3. The number of rotatable bonds is 4. The van der Waals surface area contributed by atoms with Crippen LogP contribution in [-0.4, -0.2) is 16.5 Å². The van der Waals surface area contributed by atoms with Gasteiger partial charge in [-0.15, -0.1) is 11.3 Å². The lowest BCUT2D eigenvalue weighted by Gasteiger charge is -2.06. The molecule has 0 aliphatic heterocycles. The lowest BCUT2D eigenvalue weighted by Crippen LogP contribution is -2.12. The molecule has 0 aliphatic rings. The fraction of sp³-hybridized carbons (Fsp3) is 0.400. The van der Waals surface area contributed by atoms with Crippen LogP contribution < -0.4 is 16.6 Å². The standard InChI is InChI=1S/C10H15N5S/c1-3-4-12-8-7-5-6(2)16-9(7)14-10(13-8)15-11/h5H,3-4,11H2,1-2H3,(H2,12,13,14,15). The van der Waals surface area contributed by atoms with Crippen LogP contribution in [0.25, 0.3) is 10.2 Å². The molecule has 86 valence electrons. The molecule has 2 rings (SSSR count). The molecule has 2 aromatic rings. The highest BCUT2D eigenvalue weighted by Crippen LogP contribution is 2.29. The van der Waals surface area contributed by atoms with Gasteiger partial charge in [0, 0.05) is 11.4 Å². The van der Waals surface area contributed by atoms with Crippen LogP contribution in [0.4, 0.5) is 11.8 Å². The van der Waals surface area contributed by atoms with E-state index in [1.165, 1.54) is 4.88 Å². The van der Waals surface area contributed by atoms with Crippen LogP contribution in [0.3, 0.4) is 0 Å². The van der Waals surface area contributed by atoms with Gasteiger partial charge in [-0.2, -0.15) is 4.98 Å². The SMILES string of the molecule is CCCNc1nc(NN)nc2sc(C)cc12. The number of nitrogens with one attached hydrogen (secondary N) is 2. The first-order valence-electron chi connectivity index (χ1n) is 5.23. The summed E-state index contributed by atoms with van der Waals surface area (Å²) in [6.07, 6.45) is 1.06. The highest BCUT2D eigenvalue weighted by molar-refractivity contribution is 7.18. The van der Waals surface area contributed by atoms with Crippen LogP contribution in [0, 0.1) is 6.92 Å². The van der Waals surface area contributed by atoms with Crippen LogP contribution in [0.2, 0.25) is 0 Å². The van der Waals surface area contributed by atoms with Crippen molar-refractivity contribution in [2.24, 2.45) is 5.84 Å². The highest BCUT2D eigenvalue weighted by Gasteiger charge is 2.09. The summed E-state index contributed by atoms with van der Waals surface area (Å²) in [7, 11) is 0. The smallest absolute Gasteiger partial charge is 0.240 e. The number of hydrazine groups is 1. The summed E-state index contributed by atoms with van der Waals surface area (Å²) in [6, 6.07) is 2.10. The minimum absolute atomic E-state index is 0.452. The van der Waals surface area contributed by atoms with Crippen LogP contribution >= 0.6 is 11.3 Å². The Kier molecular flexibility index (Phi) is 3.21. The average molecular weight is 237 g/mol. The van der Waals surface area contributed by atoms with Crippen molar-refractivity contribution in [2.45, 2.75) is 20.3 Å². The molecular formula is C10H15N5S. The molecule has 16 heavy (non-hydrogen) atoms. The van der Waals surface area contributed by atoms with Gasteiger partial charge in [-0.1, -0.05) is 6.92 Å². The zero-order valence-electron chi connectivity index (χ0n) is 9.37. The number of aromatic nitrogens is 2. The van der Waals surface area contributed by atoms with E-state index in [2.05, 4.69) is 40.6 Å². The summed E-state index contributed by atoms with van der Waals surface area (Å²) in [5, 5.41) is 4.35. The average Bonchev–Trinajstić information content (AvgIpc) is 2.65. The summed E-state index contributed by atoms with van der Waals surface area (Å²) < 4.78 is 0. The molecule has 4 N–H and O–H groups in total. The van der Waals surface area contributed by atoms with Gasteiger partial charge in [-0.25, -0.2) is 10.8 Å². The van der Waals surface area contributed by atoms with Crippen molar-refractivity contribution in [3.8, 4) is 0 Å². The Morgan fingerprint density at radius 3 is 2.94 bits per heavy atom. The molecule has 0 fully saturated rings. The number of nitrogens with zero attached hydrogens (tertiary/aromatic N) is 2. The van der Waals surface area contributed by atoms with E-state index in [1.807, 2.05) is 0 Å². The Morgan fingerprint density at radius 1 is 1.44 bits per heavy atom. The van der Waals surface area contributed by atoms with Gasteiger partial charge < -0.3 is 5.32 Å². The third-order valence-electron chi connectivity index (χ3n) is 2.19. The van der Waals surface area contributed by atoms with E-state index < -0.39 is 0 Å². The second-order valence-electron chi connectivity index (χ2n) is 3.54. The molecular weight excluding hydrogens is 222 g/mol. The maximum Gasteiger partial charge on any atom is 0.240 e. The summed E-state index contributed by atoms with van der Waals surface area (Å²) >= 11 is 1.64. The van der Waals surface area contributed by atoms with E-state index in [9.17, 15) is 0 Å². The Bertz CT molecular complexity index is 493. The Balaban J connectivity index is 2.49. The Hall–Kier alpha value is -1.40. The van der Waals surface area contributed by atoms with Crippen molar-refractivity contribution < 1.29 is 0 Å². The zero-order chi connectivity index (χ0) is 11.5. The van der Waals surface area contributed by atoms with Gasteiger partial charge in [0.1, 0.15) is 10.6 Å². The molecule has 2 heterocycles. The van der Waals surface area contributed by atoms with E-state index in [0.29, 0.717) is 5.95 Å². The number of nitrogens with two attached hydrogens (primary N) is 1. The molecule has 0 amide bonds. The van der Waals surface area contributed by atoms with Crippen molar-refractivity contribution in [3.63, 3.8) is 0 Å². The van der Waals surface area contributed by atoms with Crippen molar-refractivity contribution >= 4 is 33.3 Å². The number of thiophene rings is 1. The second kappa shape index (κ2) is 4.63. The topological polar surface area (TPSA) is 75.9 Å². The van der Waals surface area contributed by atoms with E-state index in [0.717, 1.165) is 29.0 Å². The minimum Gasteiger partial charge on any atom is -0.369 e. The predicted molar refractivity (Wildman–Crippen MR) is 68.7 cm³/mol. The first-order chi connectivity index (χ1) is 7.74. The number of nitrogen functional groups attached to an aromatic ring is 1. The molecule has 0 atom stereocenters. The van der Waals surface area contributed by atoms with E-state index in [-0.39, 0.29) is 0 Å². The molecule has 0 spiro atoms. The van der Waals surface area contributed by atoms with Gasteiger partial charge in [0.15, 0.2) is 0 Å². The fourth-order valence-electron chi connectivity index (χ4n) is 1.48. The van der Waals surface area contributed by atoms with Gasteiger partial charge in [0.05, 0.1) is 5.39 Å². The quantitative estimate of drug-likeness (QED) is 0.561. The minimum atomic E-state index is 0.452. The van der Waals surface area contributed by atoms with Crippen molar-refractivity contribution in [1.29, 1.82) is 0 Å². The van der Waals surface area contributed by atoms with Crippen molar-refractivity contribution in [3.05, 3.63) is 10.9 Å². The number of fused-ring (bicyclic) bond motifs is 1. The van der Waals surface area contributed by atoms with Gasteiger partial charge in [0.25, 0.3) is 0 Å². The first-order valence-corrected chi connectivity index (χ1v) is 6.05. The van der Waals surface area contributed by atoms with Crippen LogP contribution in [0.15, 0.2) is 6.07 Å². The van der Waals surface area contributed by atoms with Crippen LogP contribution in [-0.2, 0) is 0 Å². The lowest BCUT2D eigenvalue weighted by atomic mass is 10.3. The largest absolute Gasteiger partial charge is 0.369 e. The first kappa shape index (κ1) is 11.1. The summed E-state index contributed by atoms with van der Waals surface area (Å²) in [5.41, 5.74) is 2.49. The Morgan fingerprint density at radius 2 is 2.25 bits per heavy atom. The predicted octanol–water partition coefficient (Wildman–Crippen LogP) is 2.11. The van der Waals surface area contributed by atoms with Crippen molar-refractivity contribution in [1.82, 2.24) is 9.97 Å². The summed E-state index contributed by atoms with van der Waals surface area (Å²) in [6.45, 7) is 5.07. The fourth-order valence-corrected chi connectivity index (χ4v) is 2.36. The summed E-state index contributed by atoms with van der Waals surface area (Å²) in [4.78, 5) is 10.8. The van der Waals surface area contributed by atoms with Gasteiger partial charge in [0.2, 0.25) is 5.95 Å². The second-order valence-corrected chi connectivity index (χ2v) is 4.78. The third kappa shape index (κ3) is 2.07. The maximum absolute atomic E-state index is 5.35. The Labute approximate surface area is 98.1 Å². The highest BCUT2D eigenvalue weighted by atomic mass is 32.1. The number of anilines is 2. The zero-order valence-corrected chi connectivity index (χ0v) is 10.2. The molecule has 2 aromatic heterocycles. The van der Waals surface area contributed by atoms with Gasteiger partial charge >= 0.3 is 0 Å². The normalized spacial score (nSPS) is 10.7. The van der Waals surface area contributed by atoms with E-state index >= 15 is 0 Å². The molecule has 0 aromatic carbocycles. The van der Waals surface area contributed by atoms with E-state index in [4.69, 9.17) is 5.84 Å². The van der Waals surface area contributed by atoms with Gasteiger partial charge in [-0.05, 0) is 19.4 Å². The molecule has 0 aliphatic carbocycles. The number of aryl methyl sites for hydroxylation is 1.